The molecule has 0 aliphatic rings. The number of carbonyl (C=O) groups is 2. The van der Waals surface area contributed by atoms with E-state index in [1.807, 2.05) is 0 Å². The molecule has 0 saturated heterocycles. The number of nitrogens with one attached hydrogen (secondary N) is 1. The lowest BCUT2D eigenvalue weighted by molar-refractivity contribution is -0.137. The molecule has 0 radical (unpaired) electrons. The standard InChI is InChI=1S/C16H17F3N4O2/c17-16(18,19)7-9-23-8-6-14(22-23)21-15(25)12(20)10-13(24)11-4-2-1-3-5-11/h1-6,8,12H,7,9-10,20H2,(H,21,22,25). The molecule has 3 N–H and O–H groups in total. The minimum absolute atomic E-state index is 0.0785. The molecular formula is C16H17F3N4O2. The Morgan fingerprint density at radius 3 is 2.52 bits per heavy atom. The smallest absolute Gasteiger partial charge is 0.320 e. The number of aryl methyl sites for hydroxylation is 1. The molecule has 0 spiro atoms. The number of ketones is 1. The summed E-state index contributed by atoms with van der Waals surface area (Å²) in [6.07, 6.45) is -4.17. The summed E-state index contributed by atoms with van der Waals surface area (Å²) in [5.74, 6) is -0.834. The molecule has 2 aromatic rings. The van der Waals surface area contributed by atoms with Crippen molar-refractivity contribution in [3.8, 4) is 0 Å². The van der Waals surface area contributed by atoms with Gasteiger partial charge in [0.1, 0.15) is 0 Å². The van der Waals surface area contributed by atoms with E-state index >= 15 is 0 Å². The second-order valence-electron chi connectivity index (χ2n) is 5.42. The molecule has 0 aliphatic heterocycles. The minimum Gasteiger partial charge on any atom is -0.320 e. The van der Waals surface area contributed by atoms with E-state index in [4.69, 9.17) is 5.73 Å². The zero-order chi connectivity index (χ0) is 18.4. The summed E-state index contributed by atoms with van der Waals surface area (Å²) in [5.41, 5.74) is 6.16. The second-order valence-corrected chi connectivity index (χ2v) is 5.42. The van der Waals surface area contributed by atoms with Crippen LogP contribution < -0.4 is 11.1 Å². The Hall–Kier alpha value is -2.68. The molecule has 0 aliphatic carbocycles. The first-order chi connectivity index (χ1) is 11.7. The third-order valence-electron chi connectivity index (χ3n) is 3.35. The van der Waals surface area contributed by atoms with Crippen LogP contribution in [0, 0.1) is 0 Å². The summed E-state index contributed by atoms with van der Waals surface area (Å²) in [6, 6.07) is 8.68. The summed E-state index contributed by atoms with van der Waals surface area (Å²) >= 11 is 0. The molecule has 0 fully saturated rings. The van der Waals surface area contributed by atoms with Gasteiger partial charge >= 0.3 is 6.18 Å². The van der Waals surface area contributed by atoms with E-state index in [1.165, 1.54) is 12.3 Å². The van der Waals surface area contributed by atoms with Crippen molar-refractivity contribution < 1.29 is 22.8 Å². The van der Waals surface area contributed by atoms with Gasteiger partial charge in [-0.3, -0.25) is 14.3 Å². The number of anilines is 1. The van der Waals surface area contributed by atoms with E-state index in [0.29, 0.717) is 5.56 Å². The molecular weight excluding hydrogens is 337 g/mol. The molecule has 1 aromatic heterocycles. The third kappa shape index (κ3) is 6.03. The lowest BCUT2D eigenvalue weighted by atomic mass is 10.0. The number of hydrogen-bond donors (Lipinski definition) is 2. The molecule has 2 rings (SSSR count). The van der Waals surface area contributed by atoms with Crippen LogP contribution in [0.3, 0.4) is 0 Å². The van der Waals surface area contributed by atoms with Crippen molar-refractivity contribution >= 4 is 17.5 Å². The molecule has 0 saturated carbocycles. The van der Waals surface area contributed by atoms with Crippen LogP contribution >= 0.6 is 0 Å². The predicted molar refractivity (Wildman–Crippen MR) is 84.9 cm³/mol. The van der Waals surface area contributed by atoms with Gasteiger partial charge in [0.15, 0.2) is 11.6 Å². The molecule has 1 atom stereocenters. The van der Waals surface area contributed by atoms with Crippen molar-refractivity contribution in [1.82, 2.24) is 9.78 Å². The fourth-order valence-corrected chi connectivity index (χ4v) is 2.05. The summed E-state index contributed by atoms with van der Waals surface area (Å²) in [6.45, 7) is -0.349. The lowest BCUT2D eigenvalue weighted by Gasteiger charge is -2.10. The van der Waals surface area contributed by atoms with E-state index in [1.54, 1.807) is 30.3 Å². The van der Waals surface area contributed by atoms with Crippen LogP contribution in [0.4, 0.5) is 19.0 Å². The Balaban J connectivity index is 1.87. The molecule has 9 heteroatoms. The predicted octanol–water partition coefficient (Wildman–Crippen LogP) is 2.37. The number of alkyl halides is 3. The number of Topliss-reactive ketones (excluding diaryl/α,β-unsaturated/α-hetero) is 1. The molecule has 6 nitrogen and oxygen atoms in total. The highest BCUT2D eigenvalue weighted by Gasteiger charge is 2.27. The van der Waals surface area contributed by atoms with Crippen LogP contribution in [-0.4, -0.2) is 33.7 Å². The van der Waals surface area contributed by atoms with Crippen LogP contribution in [0.15, 0.2) is 42.6 Å². The van der Waals surface area contributed by atoms with Crippen LogP contribution in [0.2, 0.25) is 0 Å². The monoisotopic (exact) mass is 354 g/mol. The van der Waals surface area contributed by atoms with Crippen molar-refractivity contribution in [1.29, 1.82) is 0 Å². The van der Waals surface area contributed by atoms with E-state index in [-0.39, 0.29) is 24.6 Å². The molecule has 1 heterocycles. The number of nitrogens with zero attached hydrogens (tertiary/aromatic N) is 2. The fourth-order valence-electron chi connectivity index (χ4n) is 2.05. The summed E-state index contributed by atoms with van der Waals surface area (Å²) < 4.78 is 37.6. The van der Waals surface area contributed by atoms with Crippen molar-refractivity contribution in [2.24, 2.45) is 5.73 Å². The zero-order valence-corrected chi connectivity index (χ0v) is 13.2. The van der Waals surface area contributed by atoms with E-state index in [9.17, 15) is 22.8 Å². The van der Waals surface area contributed by atoms with Gasteiger partial charge in [0.05, 0.1) is 12.5 Å². The number of hydrogen-bond acceptors (Lipinski definition) is 4. The summed E-state index contributed by atoms with van der Waals surface area (Å²) in [5, 5.41) is 6.20. The third-order valence-corrected chi connectivity index (χ3v) is 3.35. The Morgan fingerprint density at radius 1 is 1.20 bits per heavy atom. The number of amides is 1. The quantitative estimate of drug-likeness (QED) is 0.747. The minimum atomic E-state index is -4.28. The SMILES string of the molecule is NC(CC(=O)c1ccccc1)C(=O)Nc1ccn(CCC(F)(F)F)n1. The lowest BCUT2D eigenvalue weighted by Crippen LogP contribution is -2.37. The number of rotatable bonds is 7. The van der Waals surface area contributed by atoms with Gasteiger partial charge in [-0.1, -0.05) is 30.3 Å². The van der Waals surface area contributed by atoms with Crippen LogP contribution in [-0.2, 0) is 11.3 Å². The number of nitrogens with two attached hydrogens (primary N) is 1. The fraction of sp³-hybridized carbons (Fsp3) is 0.312. The second kappa shape index (κ2) is 7.93. The molecule has 1 aromatic carbocycles. The molecule has 0 bridgehead atoms. The van der Waals surface area contributed by atoms with Crippen LogP contribution in [0.25, 0.3) is 0 Å². The number of halogens is 3. The maximum absolute atomic E-state index is 12.2. The Bertz CT molecular complexity index is 728. The average molecular weight is 354 g/mol. The van der Waals surface area contributed by atoms with Gasteiger partial charge in [0.2, 0.25) is 5.91 Å². The van der Waals surface area contributed by atoms with Gasteiger partial charge in [-0.25, -0.2) is 0 Å². The van der Waals surface area contributed by atoms with E-state index in [0.717, 1.165) is 4.68 Å². The molecule has 134 valence electrons. The summed E-state index contributed by atoms with van der Waals surface area (Å²) in [4.78, 5) is 24.0. The normalized spacial score (nSPS) is 12.6. The van der Waals surface area contributed by atoms with Gasteiger partial charge in [-0.05, 0) is 0 Å². The first kappa shape index (κ1) is 18.7. The Kier molecular flexibility index (Phi) is 5.92. The zero-order valence-electron chi connectivity index (χ0n) is 13.2. The van der Waals surface area contributed by atoms with Crippen molar-refractivity contribution in [2.75, 3.05) is 5.32 Å². The van der Waals surface area contributed by atoms with Gasteiger partial charge in [0, 0.05) is 30.8 Å². The van der Waals surface area contributed by atoms with Crippen LogP contribution in [0.5, 0.6) is 0 Å². The van der Waals surface area contributed by atoms with Crippen LogP contribution in [0.1, 0.15) is 23.2 Å². The molecule has 25 heavy (non-hydrogen) atoms. The number of carbonyl (C=O) groups excluding carboxylic acids is 2. The highest BCUT2D eigenvalue weighted by atomic mass is 19.4. The largest absolute Gasteiger partial charge is 0.390 e. The number of aromatic nitrogens is 2. The molecule has 1 amide bonds. The highest BCUT2D eigenvalue weighted by Crippen LogP contribution is 2.20. The van der Waals surface area contributed by atoms with Gasteiger partial charge in [0.25, 0.3) is 0 Å². The maximum atomic E-state index is 12.2. The van der Waals surface area contributed by atoms with Gasteiger partial charge in [-0.15, -0.1) is 0 Å². The van der Waals surface area contributed by atoms with Gasteiger partial charge in [-0.2, -0.15) is 18.3 Å². The topological polar surface area (TPSA) is 90.0 Å². The first-order valence-corrected chi connectivity index (χ1v) is 7.49. The Morgan fingerprint density at radius 2 is 1.88 bits per heavy atom. The number of benzene rings is 1. The first-order valence-electron chi connectivity index (χ1n) is 7.49. The van der Waals surface area contributed by atoms with Crippen molar-refractivity contribution in [2.45, 2.75) is 31.6 Å². The Labute approximate surface area is 141 Å². The maximum Gasteiger partial charge on any atom is 0.390 e. The van der Waals surface area contributed by atoms with E-state index in [2.05, 4.69) is 10.4 Å². The van der Waals surface area contributed by atoms with Crippen molar-refractivity contribution in [3.63, 3.8) is 0 Å². The van der Waals surface area contributed by atoms with Crippen molar-refractivity contribution in [3.05, 3.63) is 48.2 Å². The van der Waals surface area contributed by atoms with E-state index < -0.39 is 24.5 Å². The molecule has 1 unspecified atom stereocenters. The summed E-state index contributed by atoms with van der Waals surface area (Å²) in [7, 11) is 0. The highest BCUT2D eigenvalue weighted by molar-refractivity contribution is 6.02. The van der Waals surface area contributed by atoms with Gasteiger partial charge < -0.3 is 11.1 Å². The average Bonchev–Trinajstić information content (AvgIpc) is 3.00.